The second-order valence-corrected chi connectivity index (χ2v) is 7.22. The van der Waals surface area contributed by atoms with Crippen molar-refractivity contribution in [1.29, 1.82) is 0 Å². The lowest BCUT2D eigenvalue weighted by atomic mass is 10.1. The molecule has 0 aliphatic rings. The SMILES string of the molecule is CCCCS(=O)(=O)CC(N)c1ccc(OCCC)cc1. The van der Waals surface area contributed by atoms with Crippen molar-refractivity contribution < 1.29 is 13.2 Å². The molecule has 1 unspecified atom stereocenters. The zero-order chi connectivity index (χ0) is 15.0. The molecule has 1 rings (SSSR count). The Labute approximate surface area is 122 Å². The normalized spacial score (nSPS) is 13.2. The van der Waals surface area contributed by atoms with Crippen LogP contribution in [0, 0.1) is 0 Å². The van der Waals surface area contributed by atoms with Gasteiger partial charge in [0.25, 0.3) is 0 Å². The Bertz CT molecular complexity index is 482. The van der Waals surface area contributed by atoms with Crippen molar-refractivity contribution in [1.82, 2.24) is 0 Å². The minimum Gasteiger partial charge on any atom is -0.494 e. The predicted molar refractivity (Wildman–Crippen MR) is 82.7 cm³/mol. The molecule has 0 amide bonds. The second kappa shape index (κ2) is 8.27. The topological polar surface area (TPSA) is 69.4 Å². The predicted octanol–water partition coefficient (Wildman–Crippen LogP) is 2.69. The Balaban J connectivity index is 2.61. The number of sulfone groups is 1. The molecule has 0 aromatic heterocycles. The quantitative estimate of drug-likeness (QED) is 0.761. The molecule has 0 bridgehead atoms. The Morgan fingerprint density at radius 1 is 1.15 bits per heavy atom. The highest BCUT2D eigenvalue weighted by molar-refractivity contribution is 7.91. The van der Waals surface area contributed by atoms with E-state index in [1.165, 1.54) is 0 Å². The summed E-state index contributed by atoms with van der Waals surface area (Å²) in [6, 6.07) is 6.88. The van der Waals surface area contributed by atoms with Crippen LogP contribution in [0.1, 0.15) is 44.7 Å². The lowest BCUT2D eigenvalue weighted by Crippen LogP contribution is -2.23. The van der Waals surface area contributed by atoms with E-state index in [9.17, 15) is 8.42 Å². The maximum absolute atomic E-state index is 11.9. The van der Waals surface area contributed by atoms with Crippen LogP contribution in [-0.4, -0.2) is 26.5 Å². The first-order valence-corrected chi connectivity index (χ1v) is 8.99. The van der Waals surface area contributed by atoms with Gasteiger partial charge in [-0.2, -0.15) is 0 Å². The second-order valence-electron chi connectivity index (χ2n) is 4.99. The van der Waals surface area contributed by atoms with E-state index in [-0.39, 0.29) is 11.5 Å². The maximum atomic E-state index is 11.9. The van der Waals surface area contributed by atoms with Crippen LogP contribution in [0.15, 0.2) is 24.3 Å². The fraction of sp³-hybridized carbons (Fsp3) is 0.600. The number of rotatable bonds is 9. The molecule has 0 aliphatic carbocycles. The first-order chi connectivity index (χ1) is 9.48. The van der Waals surface area contributed by atoms with E-state index in [2.05, 4.69) is 0 Å². The van der Waals surface area contributed by atoms with Gasteiger partial charge in [0.05, 0.1) is 18.1 Å². The summed E-state index contributed by atoms with van der Waals surface area (Å²) >= 11 is 0. The molecule has 4 nitrogen and oxygen atoms in total. The lowest BCUT2D eigenvalue weighted by Gasteiger charge is -2.13. The number of unbranched alkanes of at least 4 members (excludes halogenated alkanes) is 1. The summed E-state index contributed by atoms with van der Waals surface area (Å²) in [5.74, 6) is 1.01. The largest absolute Gasteiger partial charge is 0.494 e. The number of nitrogens with two attached hydrogens (primary N) is 1. The van der Waals surface area contributed by atoms with Crippen molar-refractivity contribution in [2.45, 2.75) is 39.2 Å². The van der Waals surface area contributed by atoms with Crippen molar-refractivity contribution in [3.05, 3.63) is 29.8 Å². The van der Waals surface area contributed by atoms with Gasteiger partial charge in [-0.25, -0.2) is 8.42 Å². The van der Waals surface area contributed by atoms with Gasteiger partial charge in [-0.3, -0.25) is 0 Å². The van der Waals surface area contributed by atoms with E-state index in [1.54, 1.807) is 0 Å². The molecule has 0 aliphatic heterocycles. The molecule has 0 radical (unpaired) electrons. The average Bonchev–Trinajstić information content (AvgIpc) is 2.43. The van der Waals surface area contributed by atoms with E-state index < -0.39 is 15.9 Å². The number of ether oxygens (including phenoxy) is 1. The van der Waals surface area contributed by atoms with E-state index in [0.717, 1.165) is 24.2 Å². The summed E-state index contributed by atoms with van der Waals surface area (Å²) < 4.78 is 29.2. The maximum Gasteiger partial charge on any atom is 0.152 e. The Morgan fingerprint density at radius 2 is 1.80 bits per heavy atom. The van der Waals surface area contributed by atoms with Crippen molar-refractivity contribution in [3.8, 4) is 5.75 Å². The van der Waals surface area contributed by atoms with Crippen LogP contribution in [0.25, 0.3) is 0 Å². The van der Waals surface area contributed by atoms with Gasteiger partial charge in [-0.05, 0) is 30.5 Å². The number of benzene rings is 1. The molecule has 0 saturated carbocycles. The summed E-state index contributed by atoms with van der Waals surface area (Å²) in [6.45, 7) is 4.70. The fourth-order valence-electron chi connectivity index (χ4n) is 1.85. The molecule has 5 heteroatoms. The Kier molecular flexibility index (Phi) is 7.02. The molecule has 1 aromatic carbocycles. The first-order valence-electron chi connectivity index (χ1n) is 7.17. The number of hydrogen-bond donors (Lipinski definition) is 1. The molecule has 0 heterocycles. The van der Waals surface area contributed by atoms with E-state index >= 15 is 0 Å². The van der Waals surface area contributed by atoms with Gasteiger partial charge >= 0.3 is 0 Å². The smallest absolute Gasteiger partial charge is 0.152 e. The molecule has 0 fully saturated rings. The summed E-state index contributed by atoms with van der Waals surface area (Å²) in [5.41, 5.74) is 6.81. The molecular weight excluding hydrogens is 274 g/mol. The Hall–Kier alpha value is -1.07. The minimum atomic E-state index is -3.07. The van der Waals surface area contributed by atoms with Gasteiger partial charge in [0, 0.05) is 6.04 Å². The summed E-state index contributed by atoms with van der Waals surface area (Å²) in [4.78, 5) is 0. The standard InChI is InChI=1S/C15H25NO3S/c1-3-5-11-20(17,18)12-15(16)13-6-8-14(9-7-13)19-10-4-2/h6-9,15H,3-5,10-12,16H2,1-2H3. The zero-order valence-corrected chi connectivity index (χ0v) is 13.2. The van der Waals surface area contributed by atoms with Crippen LogP contribution in [-0.2, 0) is 9.84 Å². The first kappa shape index (κ1) is 17.0. The van der Waals surface area contributed by atoms with Gasteiger partial charge in [0.15, 0.2) is 9.84 Å². The van der Waals surface area contributed by atoms with E-state index in [1.807, 2.05) is 38.1 Å². The van der Waals surface area contributed by atoms with Gasteiger partial charge < -0.3 is 10.5 Å². The van der Waals surface area contributed by atoms with Gasteiger partial charge in [0.2, 0.25) is 0 Å². The van der Waals surface area contributed by atoms with Gasteiger partial charge in [-0.1, -0.05) is 32.4 Å². The summed E-state index contributed by atoms with van der Waals surface area (Å²) in [7, 11) is -3.07. The monoisotopic (exact) mass is 299 g/mol. The highest BCUT2D eigenvalue weighted by Gasteiger charge is 2.17. The van der Waals surface area contributed by atoms with Crippen molar-refractivity contribution >= 4 is 9.84 Å². The van der Waals surface area contributed by atoms with Gasteiger partial charge in [0.1, 0.15) is 5.75 Å². The molecule has 0 saturated heterocycles. The van der Waals surface area contributed by atoms with Crippen LogP contribution < -0.4 is 10.5 Å². The molecule has 1 atom stereocenters. The molecule has 20 heavy (non-hydrogen) atoms. The van der Waals surface area contributed by atoms with Gasteiger partial charge in [-0.15, -0.1) is 0 Å². The third-order valence-electron chi connectivity index (χ3n) is 3.02. The van der Waals surface area contributed by atoms with Crippen molar-refractivity contribution in [2.24, 2.45) is 5.73 Å². The molecule has 2 N–H and O–H groups in total. The molecular formula is C15H25NO3S. The number of hydrogen-bond acceptors (Lipinski definition) is 4. The van der Waals surface area contributed by atoms with Crippen molar-refractivity contribution in [2.75, 3.05) is 18.1 Å². The third kappa shape index (κ3) is 5.92. The van der Waals surface area contributed by atoms with Crippen molar-refractivity contribution in [3.63, 3.8) is 0 Å². The highest BCUT2D eigenvalue weighted by Crippen LogP contribution is 2.18. The van der Waals surface area contributed by atoms with Crippen LogP contribution in [0.5, 0.6) is 5.75 Å². The van der Waals surface area contributed by atoms with Crippen LogP contribution >= 0.6 is 0 Å². The van der Waals surface area contributed by atoms with Crippen LogP contribution in [0.2, 0.25) is 0 Å². The third-order valence-corrected chi connectivity index (χ3v) is 4.80. The van der Waals surface area contributed by atoms with Crippen LogP contribution in [0.4, 0.5) is 0 Å². The zero-order valence-electron chi connectivity index (χ0n) is 12.3. The average molecular weight is 299 g/mol. The molecule has 0 spiro atoms. The highest BCUT2D eigenvalue weighted by atomic mass is 32.2. The summed E-state index contributed by atoms with van der Waals surface area (Å²) in [5, 5.41) is 0. The van der Waals surface area contributed by atoms with Crippen LogP contribution in [0.3, 0.4) is 0 Å². The summed E-state index contributed by atoms with van der Waals surface area (Å²) in [6.07, 6.45) is 2.52. The minimum absolute atomic E-state index is 0.00215. The van der Waals surface area contributed by atoms with E-state index in [4.69, 9.17) is 10.5 Å². The van der Waals surface area contributed by atoms with E-state index in [0.29, 0.717) is 13.0 Å². The molecule has 114 valence electrons. The molecule has 1 aromatic rings. The fourth-order valence-corrected chi connectivity index (χ4v) is 3.48. The lowest BCUT2D eigenvalue weighted by molar-refractivity contribution is 0.317. The Morgan fingerprint density at radius 3 is 2.35 bits per heavy atom.